The summed E-state index contributed by atoms with van der Waals surface area (Å²) in [5, 5.41) is 5.77. The second-order valence-electron chi connectivity index (χ2n) is 4.87. The van der Waals surface area contributed by atoms with Crippen LogP contribution in [0.2, 0.25) is 0 Å². The van der Waals surface area contributed by atoms with Gasteiger partial charge in [0.05, 0.1) is 5.69 Å². The second-order valence-corrected chi connectivity index (χ2v) is 4.87. The third-order valence-corrected chi connectivity index (χ3v) is 3.33. The smallest absolute Gasteiger partial charge is 0.319 e. The van der Waals surface area contributed by atoms with Crippen molar-refractivity contribution in [3.8, 4) is 0 Å². The number of aryl methyl sites for hydroxylation is 1. The van der Waals surface area contributed by atoms with E-state index in [9.17, 15) is 4.79 Å². The zero-order chi connectivity index (χ0) is 13.9. The molecule has 3 rings (SSSR count). The Morgan fingerprint density at radius 1 is 1.35 bits per heavy atom. The summed E-state index contributed by atoms with van der Waals surface area (Å²) < 4.78 is 10.8. The van der Waals surface area contributed by atoms with Crippen molar-refractivity contribution in [2.24, 2.45) is 0 Å². The number of anilines is 1. The van der Waals surface area contributed by atoms with Crippen molar-refractivity contribution in [3.05, 3.63) is 24.1 Å². The molecule has 1 aliphatic heterocycles. The number of rotatable bonds is 2. The number of urea groups is 1. The zero-order valence-electron chi connectivity index (χ0n) is 11.3. The van der Waals surface area contributed by atoms with Gasteiger partial charge in [-0.15, -0.1) is 0 Å². The molecule has 2 heterocycles. The molecule has 1 saturated heterocycles. The Bertz CT molecular complexity index is 617. The average Bonchev–Trinajstić information content (AvgIpc) is 2.81. The van der Waals surface area contributed by atoms with Crippen molar-refractivity contribution < 1.29 is 13.9 Å². The van der Waals surface area contributed by atoms with E-state index in [0.717, 1.165) is 18.4 Å². The van der Waals surface area contributed by atoms with Gasteiger partial charge in [-0.25, -0.2) is 9.78 Å². The highest BCUT2D eigenvalue weighted by atomic mass is 16.5. The summed E-state index contributed by atoms with van der Waals surface area (Å²) in [5.41, 5.74) is 1.98. The third kappa shape index (κ3) is 2.75. The lowest BCUT2D eigenvalue weighted by molar-refractivity contribution is 0.0806. The van der Waals surface area contributed by atoms with Crippen LogP contribution in [-0.2, 0) is 4.74 Å². The van der Waals surface area contributed by atoms with E-state index < -0.39 is 0 Å². The van der Waals surface area contributed by atoms with Crippen LogP contribution in [0.3, 0.4) is 0 Å². The fourth-order valence-corrected chi connectivity index (χ4v) is 2.34. The van der Waals surface area contributed by atoms with E-state index in [-0.39, 0.29) is 12.1 Å². The molecule has 0 saturated carbocycles. The molecule has 0 atom stereocenters. The number of nitrogens with one attached hydrogen (secondary N) is 2. The number of carbonyl (C=O) groups excluding carboxylic acids is 1. The Kier molecular flexibility index (Phi) is 3.56. The van der Waals surface area contributed by atoms with Crippen molar-refractivity contribution in [3.63, 3.8) is 0 Å². The van der Waals surface area contributed by atoms with Crippen molar-refractivity contribution >= 4 is 22.8 Å². The molecule has 0 unspecified atom stereocenters. The molecular formula is C14H17N3O3. The minimum absolute atomic E-state index is 0.166. The van der Waals surface area contributed by atoms with Gasteiger partial charge < -0.3 is 19.8 Å². The number of aromatic nitrogens is 1. The SMILES string of the molecule is Cc1nc2cccc(NC(=O)NC3CCOCC3)c2o1. The number of ether oxygens (including phenoxy) is 1. The van der Waals surface area contributed by atoms with E-state index in [1.54, 1.807) is 13.0 Å². The molecule has 0 aliphatic carbocycles. The quantitative estimate of drug-likeness (QED) is 0.882. The van der Waals surface area contributed by atoms with Crippen molar-refractivity contribution in [2.75, 3.05) is 18.5 Å². The van der Waals surface area contributed by atoms with Crippen LogP contribution in [0.25, 0.3) is 11.1 Å². The first-order valence-corrected chi connectivity index (χ1v) is 6.74. The lowest BCUT2D eigenvalue weighted by atomic mass is 10.1. The highest BCUT2D eigenvalue weighted by molar-refractivity contribution is 5.97. The molecule has 6 nitrogen and oxygen atoms in total. The maximum absolute atomic E-state index is 12.0. The van der Waals surface area contributed by atoms with Gasteiger partial charge in [-0.1, -0.05) is 6.07 Å². The molecule has 0 bridgehead atoms. The molecule has 6 heteroatoms. The van der Waals surface area contributed by atoms with Crippen molar-refractivity contribution in [1.29, 1.82) is 0 Å². The Labute approximate surface area is 116 Å². The number of hydrogen-bond acceptors (Lipinski definition) is 4. The van der Waals surface area contributed by atoms with Crippen molar-refractivity contribution in [2.45, 2.75) is 25.8 Å². The van der Waals surface area contributed by atoms with Gasteiger partial charge in [0.1, 0.15) is 5.52 Å². The maximum Gasteiger partial charge on any atom is 0.319 e. The first-order valence-electron chi connectivity index (χ1n) is 6.74. The predicted octanol–water partition coefficient (Wildman–Crippen LogP) is 2.44. The highest BCUT2D eigenvalue weighted by Gasteiger charge is 2.17. The second kappa shape index (κ2) is 5.50. The van der Waals surface area contributed by atoms with Crippen LogP contribution in [0.15, 0.2) is 22.6 Å². The molecule has 0 spiro atoms. The topological polar surface area (TPSA) is 76.4 Å². The third-order valence-electron chi connectivity index (χ3n) is 3.33. The lowest BCUT2D eigenvalue weighted by Gasteiger charge is -2.23. The van der Waals surface area contributed by atoms with Gasteiger partial charge in [-0.05, 0) is 25.0 Å². The Morgan fingerprint density at radius 2 is 2.15 bits per heavy atom. The predicted molar refractivity (Wildman–Crippen MR) is 74.7 cm³/mol. The largest absolute Gasteiger partial charge is 0.439 e. The summed E-state index contributed by atoms with van der Waals surface area (Å²) in [5.74, 6) is 0.582. The van der Waals surface area contributed by atoms with Crippen LogP contribution in [-0.4, -0.2) is 30.3 Å². The van der Waals surface area contributed by atoms with E-state index in [1.165, 1.54) is 0 Å². The molecule has 1 aromatic heterocycles. The van der Waals surface area contributed by atoms with Gasteiger partial charge in [0.15, 0.2) is 11.5 Å². The van der Waals surface area contributed by atoms with E-state index in [1.807, 2.05) is 12.1 Å². The summed E-state index contributed by atoms with van der Waals surface area (Å²) >= 11 is 0. The summed E-state index contributed by atoms with van der Waals surface area (Å²) in [6.07, 6.45) is 1.69. The summed E-state index contributed by atoms with van der Waals surface area (Å²) in [4.78, 5) is 16.2. The van der Waals surface area contributed by atoms with Crippen molar-refractivity contribution in [1.82, 2.24) is 10.3 Å². The monoisotopic (exact) mass is 275 g/mol. The molecule has 0 radical (unpaired) electrons. The first-order chi connectivity index (χ1) is 9.72. The molecule has 2 aromatic rings. The number of fused-ring (bicyclic) bond motifs is 1. The Morgan fingerprint density at radius 3 is 2.95 bits per heavy atom. The molecular weight excluding hydrogens is 258 g/mol. The van der Waals surface area contributed by atoms with E-state index >= 15 is 0 Å². The lowest BCUT2D eigenvalue weighted by Crippen LogP contribution is -2.41. The van der Waals surface area contributed by atoms with Crippen LogP contribution < -0.4 is 10.6 Å². The molecule has 20 heavy (non-hydrogen) atoms. The number of hydrogen-bond donors (Lipinski definition) is 2. The van der Waals surface area contributed by atoms with Gasteiger partial charge in [-0.2, -0.15) is 0 Å². The number of amides is 2. The zero-order valence-corrected chi connectivity index (χ0v) is 11.3. The standard InChI is InChI=1S/C14H17N3O3/c1-9-15-11-3-2-4-12(13(11)20-9)17-14(18)16-10-5-7-19-8-6-10/h2-4,10H,5-8H2,1H3,(H2,16,17,18). The number of nitrogens with zero attached hydrogens (tertiary/aromatic N) is 1. The van der Waals surface area contributed by atoms with E-state index in [4.69, 9.17) is 9.15 Å². The summed E-state index contributed by atoms with van der Waals surface area (Å²) in [6.45, 7) is 3.18. The molecule has 2 amide bonds. The molecule has 1 fully saturated rings. The number of para-hydroxylation sites is 1. The highest BCUT2D eigenvalue weighted by Crippen LogP contribution is 2.23. The molecule has 106 valence electrons. The van der Waals surface area contributed by atoms with Crippen LogP contribution in [0.5, 0.6) is 0 Å². The Hall–Kier alpha value is -2.08. The van der Waals surface area contributed by atoms with Gasteiger partial charge in [0.2, 0.25) is 0 Å². The molecule has 2 N–H and O–H groups in total. The first kappa shape index (κ1) is 12.9. The molecule has 1 aliphatic rings. The minimum atomic E-state index is -0.224. The fourth-order valence-electron chi connectivity index (χ4n) is 2.34. The average molecular weight is 275 g/mol. The van der Waals surface area contributed by atoms with Crippen LogP contribution >= 0.6 is 0 Å². The minimum Gasteiger partial charge on any atom is -0.439 e. The van der Waals surface area contributed by atoms with Gasteiger partial charge in [0, 0.05) is 26.2 Å². The summed E-state index contributed by atoms with van der Waals surface area (Å²) in [7, 11) is 0. The van der Waals surface area contributed by atoms with Crippen LogP contribution in [0.1, 0.15) is 18.7 Å². The Balaban J connectivity index is 1.70. The number of oxazole rings is 1. The fraction of sp³-hybridized carbons (Fsp3) is 0.429. The van der Waals surface area contributed by atoms with E-state index in [0.29, 0.717) is 30.4 Å². The van der Waals surface area contributed by atoms with Crippen LogP contribution in [0.4, 0.5) is 10.5 Å². The normalized spacial score (nSPS) is 16.2. The molecule has 1 aromatic carbocycles. The van der Waals surface area contributed by atoms with Gasteiger partial charge in [-0.3, -0.25) is 0 Å². The summed E-state index contributed by atoms with van der Waals surface area (Å²) in [6, 6.07) is 5.44. The number of carbonyl (C=O) groups is 1. The van der Waals surface area contributed by atoms with E-state index in [2.05, 4.69) is 15.6 Å². The number of benzene rings is 1. The maximum atomic E-state index is 12.0. The van der Waals surface area contributed by atoms with Gasteiger partial charge in [0.25, 0.3) is 0 Å². The van der Waals surface area contributed by atoms with Gasteiger partial charge >= 0.3 is 6.03 Å². The van der Waals surface area contributed by atoms with Crippen LogP contribution in [0, 0.1) is 6.92 Å².